The lowest BCUT2D eigenvalue weighted by Gasteiger charge is -2.19. The first-order chi connectivity index (χ1) is 6.56. The average Bonchev–Trinajstić information content (AvgIpc) is 2.17. The molecule has 0 aromatic heterocycles. The minimum Gasteiger partial charge on any atom is -0.261 e. The van der Waals surface area contributed by atoms with Crippen LogP contribution in [0.1, 0.15) is 19.8 Å². The standard InChI is InChI=1S/C8H8I2N2O2/c1-5-2-3-6(11-14)4-7(5)12(10)8(9)13/h4H,2-3H2,1H3. The molecule has 0 fully saturated rings. The van der Waals surface area contributed by atoms with Gasteiger partial charge in [0.15, 0.2) is 0 Å². The molecule has 0 spiro atoms. The third kappa shape index (κ3) is 2.75. The quantitative estimate of drug-likeness (QED) is 0.225. The van der Waals surface area contributed by atoms with E-state index in [2.05, 4.69) is 5.18 Å². The molecule has 0 aromatic carbocycles. The minimum absolute atomic E-state index is 0.0825. The Morgan fingerprint density at radius 1 is 1.57 bits per heavy atom. The van der Waals surface area contributed by atoms with Gasteiger partial charge in [-0.3, -0.25) is 4.79 Å². The first-order valence-electron chi connectivity index (χ1n) is 3.95. The van der Waals surface area contributed by atoms with Crippen molar-refractivity contribution in [2.24, 2.45) is 5.18 Å². The molecule has 0 aliphatic heterocycles. The van der Waals surface area contributed by atoms with Crippen molar-refractivity contribution in [3.05, 3.63) is 28.0 Å². The Labute approximate surface area is 109 Å². The van der Waals surface area contributed by atoms with E-state index in [0.29, 0.717) is 12.1 Å². The number of rotatable bonds is 2. The second-order valence-electron chi connectivity index (χ2n) is 2.93. The van der Waals surface area contributed by atoms with Crippen LogP contribution < -0.4 is 0 Å². The number of hydrogen-bond acceptors (Lipinski definition) is 3. The number of nitroso groups, excluding NO2 is 1. The monoisotopic (exact) mass is 418 g/mol. The second-order valence-corrected chi connectivity index (χ2v) is 4.81. The Kier molecular flexibility index (Phi) is 4.48. The zero-order valence-corrected chi connectivity index (χ0v) is 11.8. The number of amides is 1. The molecule has 0 N–H and O–H groups in total. The van der Waals surface area contributed by atoms with Crippen LogP contribution in [0.4, 0.5) is 4.79 Å². The normalized spacial score (nSPS) is 16.4. The summed E-state index contributed by atoms with van der Waals surface area (Å²) in [6, 6.07) is 0. The molecule has 0 saturated carbocycles. The van der Waals surface area contributed by atoms with Crippen molar-refractivity contribution < 1.29 is 4.79 Å². The van der Waals surface area contributed by atoms with E-state index >= 15 is 0 Å². The number of hydrogen-bond donors (Lipinski definition) is 0. The van der Waals surface area contributed by atoms with Gasteiger partial charge in [0.05, 0.1) is 34.3 Å². The lowest BCUT2D eigenvalue weighted by atomic mass is 10.0. The van der Waals surface area contributed by atoms with E-state index in [0.717, 1.165) is 17.7 Å². The summed E-state index contributed by atoms with van der Waals surface area (Å²) in [5, 5.41) is 2.91. The van der Waals surface area contributed by atoms with Crippen LogP contribution >= 0.6 is 45.5 Å². The summed E-state index contributed by atoms with van der Waals surface area (Å²) >= 11 is 3.63. The number of carbonyl (C=O) groups excluding carboxylic acids is 1. The van der Waals surface area contributed by atoms with Gasteiger partial charge in [0, 0.05) is 22.6 Å². The number of nitrogens with zero attached hydrogens (tertiary/aromatic N) is 2. The maximum absolute atomic E-state index is 11.1. The summed E-state index contributed by atoms with van der Waals surface area (Å²) in [5.41, 5.74) is 2.40. The molecule has 0 radical (unpaired) electrons. The van der Waals surface area contributed by atoms with Gasteiger partial charge in [-0.15, -0.1) is 4.91 Å². The first kappa shape index (κ1) is 12.1. The maximum atomic E-state index is 11.1. The molecule has 6 heteroatoms. The highest BCUT2D eigenvalue weighted by molar-refractivity contribution is 14.1. The van der Waals surface area contributed by atoms with Gasteiger partial charge in [0.2, 0.25) is 0 Å². The predicted octanol–water partition coefficient (Wildman–Crippen LogP) is 3.91. The van der Waals surface area contributed by atoms with Crippen molar-refractivity contribution in [3.63, 3.8) is 0 Å². The molecular weight excluding hydrogens is 410 g/mol. The van der Waals surface area contributed by atoms with Crippen molar-refractivity contribution in [2.75, 3.05) is 0 Å². The van der Waals surface area contributed by atoms with E-state index in [1.54, 1.807) is 28.7 Å². The van der Waals surface area contributed by atoms with Crippen molar-refractivity contribution in [2.45, 2.75) is 19.8 Å². The molecule has 1 rings (SSSR count). The summed E-state index contributed by atoms with van der Waals surface area (Å²) in [6.45, 7) is 1.96. The van der Waals surface area contributed by atoms with Gasteiger partial charge in [0.25, 0.3) is 3.91 Å². The summed E-state index contributed by atoms with van der Waals surface area (Å²) in [6.07, 6.45) is 3.13. The Balaban J connectivity index is 3.00. The van der Waals surface area contributed by atoms with Crippen LogP contribution in [0.2, 0.25) is 0 Å². The number of allylic oxidation sites excluding steroid dienone is 3. The molecule has 0 bridgehead atoms. The highest BCUT2D eigenvalue weighted by Crippen LogP contribution is 2.29. The smallest absolute Gasteiger partial charge is 0.261 e. The third-order valence-electron chi connectivity index (χ3n) is 1.98. The van der Waals surface area contributed by atoms with Crippen LogP contribution in [0, 0.1) is 4.91 Å². The van der Waals surface area contributed by atoms with Gasteiger partial charge in [-0.2, -0.15) is 0 Å². The van der Waals surface area contributed by atoms with E-state index in [-0.39, 0.29) is 3.91 Å². The van der Waals surface area contributed by atoms with Crippen LogP contribution in [-0.2, 0) is 0 Å². The van der Waals surface area contributed by atoms with Crippen LogP contribution in [0.3, 0.4) is 0 Å². The van der Waals surface area contributed by atoms with E-state index in [1.807, 2.05) is 29.8 Å². The molecule has 4 nitrogen and oxygen atoms in total. The molecule has 0 saturated heterocycles. The SMILES string of the molecule is CC1=C(N(I)C(=O)I)C=C(N=O)CC1. The van der Waals surface area contributed by atoms with Gasteiger partial charge < -0.3 is 0 Å². The molecule has 1 amide bonds. The Morgan fingerprint density at radius 3 is 2.71 bits per heavy atom. The molecule has 76 valence electrons. The highest BCUT2D eigenvalue weighted by Gasteiger charge is 2.18. The van der Waals surface area contributed by atoms with Crippen molar-refractivity contribution in [1.82, 2.24) is 3.11 Å². The lowest BCUT2D eigenvalue weighted by Crippen LogP contribution is -2.15. The topological polar surface area (TPSA) is 49.7 Å². The van der Waals surface area contributed by atoms with E-state index in [4.69, 9.17) is 0 Å². The van der Waals surface area contributed by atoms with Crippen LogP contribution in [-0.4, -0.2) is 7.03 Å². The molecule has 0 atom stereocenters. The van der Waals surface area contributed by atoms with Crippen molar-refractivity contribution >= 4 is 49.4 Å². The zero-order valence-electron chi connectivity index (χ0n) is 7.46. The third-order valence-corrected chi connectivity index (χ3v) is 4.34. The highest BCUT2D eigenvalue weighted by atomic mass is 127. The van der Waals surface area contributed by atoms with Crippen LogP contribution in [0.5, 0.6) is 0 Å². The molecule has 0 aromatic rings. The van der Waals surface area contributed by atoms with Gasteiger partial charge >= 0.3 is 0 Å². The Bertz CT molecular complexity index is 336. The van der Waals surface area contributed by atoms with Crippen LogP contribution in [0.25, 0.3) is 0 Å². The van der Waals surface area contributed by atoms with Crippen molar-refractivity contribution in [3.8, 4) is 0 Å². The van der Waals surface area contributed by atoms with Gasteiger partial charge in [-0.05, 0) is 36.6 Å². The summed E-state index contributed by atoms with van der Waals surface area (Å²) < 4.78 is 1.42. The average molecular weight is 418 g/mol. The maximum Gasteiger partial charge on any atom is 0.296 e. The Hall–Kier alpha value is 0.01000. The summed E-state index contributed by atoms with van der Waals surface area (Å²) in [7, 11) is 0. The first-order valence-corrected chi connectivity index (χ1v) is 5.99. The molecular formula is C8H8I2N2O2. The van der Waals surface area contributed by atoms with Gasteiger partial charge in [0.1, 0.15) is 0 Å². The molecule has 1 aliphatic rings. The second kappa shape index (κ2) is 5.19. The predicted molar refractivity (Wildman–Crippen MR) is 71.1 cm³/mol. The van der Waals surface area contributed by atoms with Gasteiger partial charge in [-0.1, -0.05) is 0 Å². The fourth-order valence-electron chi connectivity index (χ4n) is 1.19. The number of carbonyl (C=O) groups is 1. The van der Waals surface area contributed by atoms with E-state index in [9.17, 15) is 9.70 Å². The molecule has 1 aliphatic carbocycles. The van der Waals surface area contributed by atoms with E-state index < -0.39 is 0 Å². The fraction of sp³-hybridized carbons (Fsp3) is 0.375. The molecule has 0 heterocycles. The minimum atomic E-state index is -0.0825. The largest absolute Gasteiger partial charge is 0.296 e. The summed E-state index contributed by atoms with van der Waals surface area (Å²) in [4.78, 5) is 21.5. The fourth-order valence-corrected chi connectivity index (χ4v) is 2.00. The van der Waals surface area contributed by atoms with Gasteiger partial charge in [-0.25, -0.2) is 3.11 Å². The Morgan fingerprint density at radius 2 is 2.21 bits per heavy atom. The number of halogens is 2. The molecule has 14 heavy (non-hydrogen) atoms. The summed E-state index contributed by atoms with van der Waals surface area (Å²) in [5.74, 6) is 0. The molecule has 0 unspecified atom stereocenters. The van der Waals surface area contributed by atoms with Crippen LogP contribution in [0.15, 0.2) is 28.2 Å². The lowest BCUT2D eigenvalue weighted by molar-refractivity contribution is 0.258. The van der Waals surface area contributed by atoms with E-state index in [1.165, 1.54) is 3.11 Å². The van der Waals surface area contributed by atoms with Crippen molar-refractivity contribution in [1.29, 1.82) is 0 Å². The zero-order chi connectivity index (χ0) is 10.7.